The number of rotatable bonds is 5. The van der Waals surface area contributed by atoms with E-state index in [2.05, 4.69) is 9.17 Å². The molecule has 0 unspecified atom stereocenters. The maximum atomic E-state index is 11.4. The molecule has 0 aliphatic carbocycles. The van der Waals surface area contributed by atoms with E-state index in [-0.39, 0.29) is 12.4 Å². The maximum absolute atomic E-state index is 11.4. The van der Waals surface area contributed by atoms with E-state index in [0.29, 0.717) is 5.56 Å². The summed E-state index contributed by atoms with van der Waals surface area (Å²) in [7, 11) is -3.46. The van der Waals surface area contributed by atoms with Crippen LogP contribution in [0.2, 0.25) is 0 Å². The van der Waals surface area contributed by atoms with Crippen LogP contribution in [-0.2, 0) is 26.5 Å². The average molecular weight is 229 g/mol. The van der Waals surface area contributed by atoms with Gasteiger partial charge in [-0.1, -0.05) is 13.0 Å². The molecule has 1 aromatic heterocycles. The van der Waals surface area contributed by atoms with Gasteiger partial charge < -0.3 is 0 Å². The molecule has 0 fully saturated rings. The lowest BCUT2D eigenvalue weighted by Crippen LogP contribution is -2.10. The molecule has 0 bridgehead atoms. The lowest BCUT2D eigenvalue weighted by Gasteiger charge is -2.06. The highest BCUT2D eigenvalue weighted by Gasteiger charge is 2.13. The first kappa shape index (κ1) is 12.1. The van der Waals surface area contributed by atoms with Crippen LogP contribution in [0.4, 0.5) is 0 Å². The fourth-order valence-electron chi connectivity index (χ4n) is 1.33. The third kappa shape index (κ3) is 3.60. The van der Waals surface area contributed by atoms with Crippen molar-refractivity contribution in [2.24, 2.45) is 0 Å². The number of hydrogen-bond acceptors (Lipinski definition) is 4. The van der Waals surface area contributed by atoms with Crippen molar-refractivity contribution in [3.8, 4) is 0 Å². The van der Waals surface area contributed by atoms with Gasteiger partial charge in [-0.2, -0.15) is 8.42 Å². The maximum Gasteiger partial charge on any atom is 0.271 e. The molecule has 0 aliphatic heterocycles. The number of aryl methyl sites for hydroxylation is 1. The molecular formula is C10H15NO3S. The van der Waals surface area contributed by atoms with Crippen LogP contribution in [0.5, 0.6) is 0 Å². The standard InChI is InChI=1S/C10H15NO3S/c1-3-10-9(6-5-7-11-10)8-15(12,13)14-4-2/h5-7H,3-4,8H2,1-2H3. The number of aromatic nitrogens is 1. The van der Waals surface area contributed by atoms with Crippen LogP contribution in [0.3, 0.4) is 0 Å². The second-order valence-corrected chi connectivity index (χ2v) is 4.71. The molecule has 1 heterocycles. The smallest absolute Gasteiger partial charge is 0.270 e. The summed E-state index contributed by atoms with van der Waals surface area (Å²) in [5.41, 5.74) is 1.52. The van der Waals surface area contributed by atoms with Crippen molar-refractivity contribution in [2.75, 3.05) is 6.61 Å². The predicted octanol–water partition coefficient (Wildman–Crippen LogP) is 1.51. The van der Waals surface area contributed by atoms with Gasteiger partial charge >= 0.3 is 0 Å². The number of pyridine rings is 1. The van der Waals surface area contributed by atoms with Gasteiger partial charge in [-0.3, -0.25) is 9.17 Å². The first-order chi connectivity index (χ1) is 7.09. The van der Waals surface area contributed by atoms with Crippen molar-refractivity contribution in [1.82, 2.24) is 4.98 Å². The second-order valence-electron chi connectivity index (χ2n) is 3.07. The molecule has 84 valence electrons. The van der Waals surface area contributed by atoms with Gasteiger partial charge in [0, 0.05) is 11.9 Å². The van der Waals surface area contributed by atoms with Crippen molar-refractivity contribution >= 4 is 10.1 Å². The SMILES string of the molecule is CCOS(=O)(=O)Cc1cccnc1CC. The van der Waals surface area contributed by atoms with E-state index in [1.165, 1.54) is 0 Å². The highest BCUT2D eigenvalue weighted by molar-refractivity contribution is 7.85. The molecule has 0 saturated heterocycles. The van der Waals surface area contributed by atoms with E-state index < -0.39 is 10.1 Å². The molecule has 0 atom stereocenters. The first-order valence-corrected chi connectivity index (χ1v) is 6.46. The molecule has 0 radical (unpaired) electrons. The molecule has 0 N–H and O–H groups in total. The summed E-state index contributed by atoms with van der Waals surface area (Å²) in [6, 6.07) is 3.50. The largest absolute Gasteiger partial charge is 0.271 e. The third-order valence-corrected chi connectivity index (χ3v) is 3.21. The Balaban J connectivity index is 2.89. The lowest BCUT2D eigenvalue weighted by molar-refractivity contribution is 0.337. The minimum Gasteiger partial charge on any atom is -0.270 e. The Morgan fingerprint density at radius 2 is 2.13 bits per heavy atom. The van der Waals surface area contributed by atoms with Crippen LogP contribution in [-0.4, -0.2) is 20.0 Å². The first-order valence-electron chi connectivity index (χ1n) is 4.89. The van der Waals surface area contributed by atoms with Gasteiger partial charge in [0.2, 0.25) is 0 Å². The zero-order chi connectivity index (χ0) is 11.3. The third-order valence-electron chi connectivity index (χ3n) is 1.95. The van der Waals surface area contributed by atoms with E-state index in [1.807, 2.05) is 6.92 Å². The van der Waals surface area contributed by atoms with Crippen molar-refractivity contribution in [3.63, 3.8) is 0 Å². The molecule has 1 aromatic rings. The number of hydrogen-bond donors (Lipinski definition) is 0. The summed E-state index contributed by atoms with van der Waals surface area (Å²) in [6.07, 6.45) is 2.38. The van der Waals surface area contributed by atoms with Crippen molar-refractivity contribution in [1.29, 1.82) is 0 Å². The highest BCUT2D eigenvalue weighted by atomic mass is 32.2. The normalized spacial score (nSPS) is 11.6. The van der Waals surface area contributed by atoms with Crippen molar-refractivity contribution in [3.05, 3.63) is 29.6 Å². The predicted molar refractivity (Wildman–Crippen MR) is 57.9 cm³/mol. The Hall–Kier alpha value is -0.940. The van der Waals surface area contributed by atoms with Crippen LogP contribution in [0.25, 0.3) is 0 Å². The summed E-state index contributed by atoms with van der Waals surface area (Å²) < 4.78 is 27.5. The zero-order valence-corrected chi connectivity index (χ0v) is 9.75. The van der Waals surface area contributed by atoms with E-state index in [4.69, 9.17) is 0 Å². The Morgan fingerprint density at radius 1 is 1.40 bits per heavy atom. The van der Waals surface area contributed by atoms with E-state index in [9.17, 15) is 8.42 Å². The quantitative estimate of drug-likeness (QED) is 0.718. The van der Waals surface area contributed by atoms with Gasteiger partial charge in [-0.15, -0.1) is 0 Å². The Morgan fingerprint density at radius 3 is 2.73 bits per heavy atom. The lowest BCUT2D eigenvalue weighted by atomic mass is 10.2. The molecule has 0 aromatic carbocycles. The summed E-state index contributed by atoms with van der Waals surface area (Å²) in [4.78, 5) is 4.12. The molecule has 15 heavy (non-hydrogen) atoms. The van der Waals surface area contributed by atoms with Gasteiger partial charge in [0.1, 0.15) is 5.75 Å². The zero-order valence-electron chi connectivity index (χ0n) is 8.93. The second kappa shape index (κ2) is 5.23. The average Bonchev–Trinajstić information content (AvgIpc) is 2.17. The van der Waals surface area contributed by atoms with Crippen LogP contribution in [0, 0.1) is 0 Å². The van der Waals surface area contributed by atoms with E-state index in [0.717, 1.165) is 12.1 Å². The van der Waals surface area contributed by atoms with E-state index in [1.54, 1.807) is 25.3 Å². The van der Waals surface area contributed by atoms with Gasteiger partial charge in [-0.05, 0) is 25.0 Å². The van der Waals surface area contributed by atoms with Crippen LogP contribution < -0.4 is 0 Å². The molecular weight excluding hydrogens is 214 g/mol. The van der Waals surface area contributed by atoms with Crippen molar-refractivity contribution < 1.29 is 12.6 Å². The molecule has 0 amide bonds. The van der Waals surface area contributed by atoms with Crippen LogP contribution in [0.1, 0.15) is 25.1 Å². The van der Waals surface area contributed by atoms with Crippen LogP contribution in [0.15, 0.2) is 18.3 Å². The summed E-state index contributed by atoms with van der Waals surface area (Å²) in [6.45, 7) is 3.77. The number of nitrogens with zero attached hydrogens (tertiary/aromatic N) is 1. The van der Waals surface area contributed by atoms with Gasteiger partial charge in [0.25, 0.3) is 10.1 Å². The Bertz CT molecular complexity index is 414. The highest BCUT2D eigenvalue weighted by Crippen LogP contribution is 2.11. The molecule has 4 nitrogen and oxygen atoms in total. The molecule has 1 rings (SSSR count). The fourth-order valence-corrected chi connectivity index (χ4v) is 2.42. The molecule has 0 aliphatic rings. The Kier molecular flexibility index (Phi) is 4.23. The van der Waals surface area contributed by atoms with E-state index >= 15 is 0 Å². The molecule has 0 spiro atoms. The summed E-state index contributed by atoms with van der Waals surface area (Å²) >= 11 is 0. The molecule has 5 heteroatoms. The molecule has 0 saturated carbocycles. The summed E-state index contributed by atoms with van der Waals surface area (Å²) in [5, 5.41) is 0. The monoisotopic (exact) mass is 229 g/mol. The van der Waals surface area contributed by atoms with Gasteiger partial charge in [-0.25, -0.2) is 0 Å². The van der Waals surface area contributed by atoms with Crippen molar-refractivity contribution in [2.45, 2.75) is 26.0 Å². The Labute approximate surface area is 90.4 Å². The minimum atomic E-state index is -3.46. The fraction of sp³-hybridized carbons (Fsp3) is 0.500. The minimum absolute atomic E-state index is 0.0994. The topological polar surface area (TPSA) is 56.3 Å². The van der Waals surface area contributed by atoms with Gasteiger partial charge in [0.15, 0.2) is 0 Å². The summed E-state index contributed by atoms with van der Waals surface area (Å²) in [5.74, 6) is -0.0994. The van der Waals surface area contributed by atoms with Gasteiger partial charge in [0.05, 0.1) is 6.61 Å². The van der Waals surface area contributed by atoms with Crippen LogP contribution >= 0.6 is 0 Å².